The Hall–Kier alpha value is -2.03. The second-order valence-electron chi connectivity index (χ2n) is 4.99. The van der Waals surface area contributed by atoms with Crippen LogP contribution in [0.5, 0.6) is 17.2 Å². The monoisotopic (exact) mass is 388 g/mol. The molecule has 126 valence electrons. The predicted octanol–water partition coefficient (Wildman–Crippen LogP) is 2.07. The molecule has 9 heteroatoms. The molecule has 8 nitrogen and oxygen atoms in total. The average molecular weight is 389 g/mol. The maximum Gasteiger partial charge on any atom is 0.237 e. The predicted molar refractivity (Wildman–Crippen MR) is 84.7 cm³/mol. The first-order chi connectivity index (χ1) is 10.9. The number of rotatable bonds is 5. The second-order valence-corrected chi connectivity index (χ2v) is 5.78. The van der Waals surface area contributed by atoms with E-state index in [2.05, 4.69) is 21.2 Å². The van der Waals surface area contributed by atoms with Crippen LogP contribution in [0.2, 0.25) is 0 Å². The minimum absolute atomic E-state index is 0.129. The SMILES string of the molecule is COc1cc([C@H]2NC(=O)CC[C@@H]2[N+](=O)[O-])c(Br)c(OC)c1OC. The summed E-state index contributed by atoms with van der Waals surface area (Å²) in [5.41, 5.74) is 0.509. The summed E-state index contributed by atoms with van der Waals surface area (Å²) in [5, 5.41) is 14.0. The summed E-state index contributed by atoms with van der Waals surface area (Å²) in [4.78, 5) is 22.7. The lowest BCUT2D eigenvalue weighted by molar-refractivity contribution is -0.529. The van der Waals surface area contributed by atoms with Gasteiger partial charge in [-0.05, 0) is 22.0 Å². The van der Waals surface area contributed by atoms with E-state index in [1.165, 1.54) is 21.3 Å². The Morgan fingerprint density at radius 3 is 2.43 bits per heavy atom. The molecule has 2 atom stereocenters. The van der Waals surface area contributed by atoms with Gasteiger partial charge in [-0.1, -0.05) is 0 Å². The lowest BCUT2D eigenvalue weighted by Gasteiger charge is -2.28. The van der Waals surface area contributed by atoms with Crippen LogP contribution in [-0.4, -0.2) is 38.2 Å². The summed E-state index contributed by atoms with van der Waals surface area (Å²) in [6, 6.07) is -0.0980. The Morgan fingerprint density at radius 1 is 1.26 bits per heavy atom. The van der Waals surface area contributed by atoms with Crippen LogP contribution in [0.1, 0.15) is 24.4 Å². The van der Waals surface area contributed by atoms with E-state index in [-0.39, 0.29) is 23.7 Å². The van der Waals surface area contributed by atoms with Crippen LogP contribution in [0, 0.1) is 10.1 Å². The molecule has 1 fully saturated rings. The normalized spacial score (nSPS) is 20.6. The van der Waals surface area contributed by atoms with Crippen molar-refractivity contribution in [1.82, 2.24) is 5.32 Å². The average Bonchev–Trinajstić information content (AvgIpc) is 2.53. The summed E-state index contributed by atoms with van der Waals surface area (Å²) < 4.78 is 16.4. The molecule has 1 saturated heterocycles. The van der Waals surface area contributed by atoms with Gasteiger partial charge in [0.05, 0.1) is 25.8 Å². The largest absolute Gasteiger partial charge is 0.493 e. The molecule has 0 bridgehead atoms. The molecule has 0 radical (unpaired) electrons. The van der Waals surface area contributed by atoms with E-state index in [1.807, 2.05) is 0 Å². The Kier molecular flexibility index (Phi) is 5.30. The molecular formula is C14H17BrN2O6. The van der Waals surface area contributed by atoms with E-state index in [9.17, 15) is 14.9 Å². The number of amides is 1. The van der Waals surface area contributed by atoms with Gasteiger partial charge >= 0.3 is 0 Å². The zero-order chi connectivity index (χ0) is 17.1. The van der Waals surface area contributed by atoms with Crippen molar-refractivity contribution in [3.63, 3.8) is 0 Å². The number of nitrogens with zero attached hydrogens (tertiary/aromatic N) is 1. The summed E-state index contributed by atoms with van der Waals surface area (Å²) in [6.07, 6.45) is 0.302. The van der Waals surface area contributed by atoms with Gasteiger partial charge in [0.15, 0.2) is 11.5 Å². The molecule has 0 spiro atoms. The number of hydrogen-bond donors (Lipinski definition) is 1. The van der Waals surface area contributed by atoms with E-state index < -0.39 is 12.1 Å². The first kappa shape index (κ1) is 17.3. The number of nitro groups is 1. The number of ether oxygens (including phenoxy) is 3. The van der Waals surface area contributed by atoms with Gasteiger partial charge in [0.2, 0.25) is 17.7 Å². The lowest BCUT2D eigenvalue weighted by atomic mass is 9.92. The summed E-state index contributed by atoms with van der Waals surface area (Å²) in [6.45, 7) is 0. The first-order valence-corrected chi connectivity index (χ1v) is 7.65. The Bertz CT molecular complexity index is 636. The first-order valence-electron chi connectivity index (χ1n) is 6.85. The molecule has 1 aliphatic heterocycles. The third-order valence-corrected chi connectivity index (χ3v) is 4.59. The van der Waals surface area contributed by atoms with E-state index in [1.54, 1.807) is 6.07 Å². The highest BCUT2D eigenvalue weighted by atomic mass is 79.9. The van der Waals surface area contributed by atoms with Crippen molar-refractivity contribution in [3.8, 4) is 17.2 Å². The summed E-state index contributed by atoms with van der Waals surface area (Å²) >= 11 is 3.39. The Labute approximate surface area is 141 Å². The minimum Gasteiger partial charge on any atom is -0.493 e. The lowest BCUT2D eigenvalue weighted by Crippen LogP contribution is -2.45. The van der Waals surface area contributed by atoms with Crippen LogP contribution in [0.15, 0.2) is 10.5 Å². The van der Waals surface area contributed by atoms with Crippen molar-refractivity contribution in [2.24, 2.45) is 0 Å². The number of methoxy groups -OCH3 is 3. The maximum absolute atomic E-state index is 11.7. The molecule has 1 aliphatic rings. The third kappa shape index (κ3) is 3.19. The quantitative estimate of drug-likeness (QED) is 0.612. The fourth-order valence-electron chi connectivity index (χ4n) is 2.67. The molecule has 0 unspecified atom stereocenters. The molecule has 1 aromatic carbocycles. The molecule has 2 rings (SSSR count). The van der Waals surface area contributed by atoms with Crippen molar-refractivity contribution >= 4 is 21.8 Å². The Morgan fingerprint density at radius 2 is 1.91 bits per heavy atom. The van der Waals surface area contributed by atoms with Crippen LogP contribution in [0.25, 0.3) is 0 Å². The van der Waals surface area contributed by atoms with Crippen LogP contribution >= 0.6 is 15.9 Å². The molecule has 1 N–H and O–H groups in total. The number of benzene rings is 1. The highest BCUT2D eigenvalue weighted by molar-refractivity contribution is 9.10. The second kappa shape index (κ2) is 7.03. The smallest absolute Gasteiger partial charge is 0.237 e. The van der Waals surface area contributed by atoms with Crippen LogP contribution in [0.3, 0.4) is 0 Å². The molecule has 1 heterocycles. The fourth-order valence-corrected chi connectivity index (χ4v) is 3.37. The number of nitrogens with one attached hydrogen (secondary N) is 1. The van der Waals surface area contributed by atoms with Crippen molar-refractivity contribution < 1.29 is 23.9 Å². The highest BCUT2D eigenvalue weighted by Gasteiger charge is 2.40. The van der Waals surface area contributed by atoms with E-state index in [0.29, 0.717) is 27.3 Å². The van der Waals surface area contributed by atoms with E-state index in [0.717, 1.165) is 0 Å². The zero-order valence-electron chi connectivity index (χ0n) is 12.9. The molecule has 0 aromatic heterocycles. The van der Waals surface area contributed by atoms with Crippen molar-refractivity contribution in [2.45, 2.75) is 24.9 Å². The van der Waals surface area contributed by atoms with Gasteiger partial charge in [-0.3, -0.25) is 14.9 Å². The Balaban J connectivity index is 2.60. The van der Waals surface area contributed by atoms with E-state index in [4.69, 9.17) is 14.2 Å². The van der Waals surface area contributed by atoms with Crippen molar-refractivity contribution in [1.29, 1.82) is 0 Å². The standard InChI is InChI=1S/C14H17BrN2O6/c1-21-9-6-7(11(15)14(23-3)13(9)22-2)12-8(17(19)20)4-5-10(18)16-12/h6,8,12H,4-5H2,1-3H3,(H,16,18)/t8-,12+/m0/s1. The number of hydrogen-bond acceptors (Lipinski definition) is 6. The summed E-state index contributed by atoms with van der Waals surface area (Å²) in [5.74, 6) is 0.854. The number of carbonyl (C=O) groups excluding carboxylic acids is 1. The van der Waals surface area contributed by atoms with Gasteiger partial charge in [-0.2, -0.15) is 0 Å². The molecule has 23 heavy (non-hydrogen) atoms. The topological polar surface area (TPSA) is 99.9 Å². The maximum atomic E-state index is 11.7. The number of carbonyl (C=O) groups is 1. The molecule has 0 saturated carbocycles. The molecule has 1 aromatic rings. The van der Waals surface area contributed by atoms with Crippen molar-refractivity contribution in [2.75, 3.05) is 21.3 Å². The van der Waals surface area contributed by atoms with Gasteiger partial charge in [-0.25, -0.2) is 0 Å². The third-order valence-electron chi connectivity index (χ3n) is 3.77. The zero-order valence-corrected chi connectivity index (χ0v) is 14.5. The molecule has 0 aliphatic carbocycles. The van der Waals surface area contributed by atoms with Gasteiger partial charge in [0.25, 0.3) is 0 Å². The van der Waals surface area contributed by atoms with Crippen LogP contribution in [-0.2, 0) is 4.79 Å². The fraction of sp³-hybridized carbons (Fsp3) is 0.500. The number of piperidine rings is 1. The number of halogens is 1. The minimum atomic E-state index is -0.924. The van der Waals surface area contributed by atoms with E-state index >= 15 is 0 Å². The summed E-state index contributed by atoms with van der Waals surface area (Å²) in [7, 11) is 4.38. The van der Waals surface area contributed by atoms with Gasteiger partial charge < -0.3 is 19.5 Å². The van der Waals surface area contributed by atoms with Crippen LogP contribution < -0.4 is 19.5 Å². The van der Waals surface area contributed by atoms with Gasteiger partial charge in [0.1, 0.15) is 6.04 Å². The van der Waals surface area contributed by atoms with Crippen LogP contribution in [0.4, 0.5) is 0 Å². The highest BCUT2D eigenvalue weighted by Crippen LogP contribution is 2.47. The molecule has 1 amide bonds. The molecular weight excluding hydrogens is 372 g/mol. The van der Waals surface area contributed by atoms with Crippen molar-refractivity contribution in [3.05, 3.63) is 26.2 Å². The van der Waals surface area contributed by atoms with Gasteiger partial charge in [-0.15, -0.1) is 0 Å². The van der Waals surface area contributed by atoms with Gasteiger partial charge in [0, 0.05) is 23.3 Å².